The van der Waals surface area contributed by atoms with E-state index >= 15 is 0 Å². The van der Waals surface area contributed by atoms with Crippen molar-refractivity contribution in [3.63, 3.8) is 0 Å². The first-order chi connectivity index (χ1) is 5.74. The van der Waals surface area contributed by atoms with Crippen LogP contribution < -0.4 is 16.2 Å². The molecule has 0 atom stereocenters. The van der Waals surface area contributed by atoms with E-state index in [0.717, 1.165) is 19.3 Å². The first kappa shape index (κ1) is 8.83. The van der Waals surface area contributed by atoms with Crippen LogP contribution in [0.15, 0.2) is 0 Å². The highest BCUT2D eigenvalue weighted by molar-refractivity contribution is 5.82. The number of carbonyl (C=O) groups excluding carboxylic acids is 2. The van der Waals surface area contributed by atoms with Gasteiger partial charge in [0.1, 0.15) is 0 Å². The third kappa shape index (κ3) is 2.11. The zero-order valence-electron chi connectivity index (χ0n) is 7.02. The predicted octanol–water partition coefficient (Wildman–Crippen LogP) is -0.253. The van der Waals surface area contributed by atoms with Gasteiger partial charge in [-0.1, -0.05) is 6.42 Å². The molecule has 3 N–H and O–H groups in total. The Morgan fingerprint density at radius 2 is 1.92 bits per heavy atom. The van der Waals surface area contributed by atoms with Gasteiger partial charge in [-0.25, -0.2) is 10.2 Å². The molecule has 1 saturated carbocycles. The van der Waals surface area contributed by atoms with Gasteiger partial charge in [-0.3, -0.25) is 10.2 Å². The van der Waals surface area contributed by atoms with Crippen LogP contribution in [-0.4, -0.2) is 19.0 Å². The summed E-state index contributed by atoms with van der Waals surface area (Å²) in [6.45, 7) is 0. The van der Waals surface area contributed by atoms with Gasteiger partial charge in [0.05, 0.1) is 0 Å². The summed E-state index contributed by atoms with van der Waals surface area (Å²) >= 11 is 0. The minimum Gasteiger partial charge on any atom is -0.340 e. The summed E-state index contributed by atoms with van der Waals surface area (Å²) in [6.07, 6.45) is 2.97. The first-order valence-corrected chi connectivity index (χ1v) is 4.01. The van der Waals surface area contributed by atoms with Crippen molar-refractivity contribution in [2.75, 3.05) is 7.05 Å². The Kier molecular flexibility index (Phi) is 2.90. The third-order valence-corrected chi connectivity index (χ3v) is 2.00. The molecule has 12 heavy (non-hydrogen) atoms. The molecule has 0 aromatic carbocycles. The number of carbonyl (C=O) groups is 2. The molecule has 0 bridgehead atoms. The minimum absolute atomic E-state index is 0.0927. The van der Waals surface area contributed by atoms with Gasteiger partial charge in [0, 0.05) is 13.0 Å². The molecule has 0 spiro atoms. The summed E-state index contributed by atoms with van der Waals surface area (Å²) in [6, 6.07) is -0.400. The van der Waals surface area contributed by atoms with E-state index in [-0.39, 0.29) is 11.8 Å². The largest absolute Gasteiger partial charge is 0.340 e. The minimum atomic E-state index is -0.400. The Labute approximate surface area is 70.9 Å². The normalized spacial score (nSPS) is 16.1. The maximum atomic E-state index is 11.1. The predicted molar refractivity (Wildman–Crippen MR) is 43.1 cm³/mol. The van der Waals surface area contributed by atoms with Crippen LogP contribution in [0.1, 0.15) is 19.3 Å². The molecule has 1 fully saturated rings. The Morgan fingerprint density at radius 3 is 2.33 bits per heavy atom. The van der Waals surface area contributed by atoms with E-state index < -0.39 is 6.03 Å². The second-order valence-corrected chi connectivity index (χ2v) is 2.82. The van der Waals surface area contributed by atoms with Crippen LogP contribution >= 0.6 is 0 Å². The monoisotopic (exact) mass is 171 g/mol. The lowest BCUT2D eigenvalue weighted by atomic mass is 9.85. The van der Waals surface area contributed by atoms with E-state index in [2.05, 4.69) is 16.2 Å². The van der Waals surface area contributed by atoms with E-state index in [4.69, 9.17) is 0 Å². The van der Waals surface area contributed by atoms with Crippen molar-refractivity contribution in [3.05, 3.63) is 0 Å². The number of urea groups is 1. The lowest BCUT2D eigenvalue weighted by molar-refractivity contribution is -0.128. The highest BCUT2D eigenvalue weighted by Gasteiger charge is 2.25. The molecule has 68 valence electrons. The van der Waals surface area contributed by atoms with Gasteiger partial charge in [-0.2, -0.15) is 0 Å². The highest BCUT2D eigenvalue weighted by Crippen LogP contribution is 2.25. The second kappa shape index (κ2) is 3.94. The van der Waals surface area contributed by atoms with E-state index in [9.17, 15) is 9.59 Å². The van der Waals surface area contributed by atoms with Crippen LogP contribution in [0.25, 0.3) is 0 Å². The van der Waals surface area contributed by atoms with E-state index in [1.165, 1.54) is 7.05 Å². The maximum Gasteiger partial charge on any atom is 0.333 e. The summed E-state index contributed by atoms with van der Waals surface area (Å²) in [5.41, 5.74) is 4.57. The fraction of sp³-hybridized carbons (Fsp3) is 0.714. The number of nitrogens with one attached hydrogen (secondary N) is 3. The van der Waals surface area contributed by atoms with Crippen LogP contribution in [0.4, 0.5) is 4.79 Å². The van der Waals surface area contributed by atoms with Gasteiger partial charge in [-0.15, -0.1) is 0 Å². The lowest BCUT2D eigenvalue weighted by Crippen LogP contribution is -2.48. The number of amides is 3. The Balaban J connectivity index is 2.13. The molecule has 5 heteroatoms. The topological polar surface area (TPSA) is 70.2 Å². The number of hydrogen-bond donors (Lipinski definition) is 3. The molecule has 0 radical (unpaired) electrons. The maximum absolute atomic E-state index is 11.1. The van der Waals surface area contributed by atoms with Crippen LogP contribution in [0.5, 0.6) is 0 Å². The van der Waals surface area contributed by atoms with Gasteiger partial charge in [0.25, 0.3) is 0 Å². The van der Waals surface area contributed by atoms with Crippen molar-refractivity contribution in [1.29, 1.82) is 0 Å². The molecule has 1 aliphatic rings. The second-order valence-electron chi connectivity index (χ2n) is 2.82. The van der Waals surface area contributed by atoms with Gasteiger partial charge in [0.15, 0.2) is 0 Å². The Hall–Kier alpha value is -1.26. The molecule has 0 aromatic rings. The van der Waals surface area contributed by atoms with Crippen LogP contribution in [-0.2, 0) is 4.79 Å². The summed E-state index contributed by atoms with van der Waals surface area (Å²) < 4.78 is 0. The first-order valence-electron chi connectivity index (χ1n) is 4.01. The Bertz CT molecular complexity index is 189. The van der Waals surface area contributed by atoms with Crippen molar-refractivity contribution < 1.29 is 9.59 Å². The zero-order chi connectivity index (χ0) is 8.97. The highest BCUT2D eigenvalue weighted by atomic mass is 16.2. The number of rotatable bonds is 1. The molecule has 5 nitrogen and oxygen atoms in total. The van der Waals surface area contributed by atoms with E-state index in [1.54, 1.807) is 0 Å². The van der Waals surface area contributed by atoms with Gasteiger partial charge in [0.2, 0.25) is 5.91 Å². The average molecular weight is 171 g/mol. The molecular weight excluding hydrogens is 158 g/mol. The van der Waals surface area contributed by atoms with Gasteiger partial charge in [-0.05, 0) is 12.8 Å². The summed E-state index contributed by atoms with van der Waals surface area (Å²) in [7, 11) is 1.49. The number of hydrazine groups is 1. The molecule has 0 aromatic heterocycles. The lowest BCUT2D eigenvalue weighted by Gasteiger charge is -2.23. The van der Waals surface area contributed by atoms with Crippen molar-refractivity contribution in [2.45, 2.75) is 19.3 Å². The van der Waals surface area contributed by atoms with Gasteiger partial charge < -0.3 is 5.32 Å². The molecule has 1 rings (SSSR count). The fourth-order valence-electron chi connectivity index (χ4n) is 0.953. The van der Waals surface area contributed by atoms with Crippen molar-refractivity contribution in [2.24, 2.45) is 5.92 Å². The SMILES string of the molecule is CNC(=O)NNC(=O)C1CCC1. The zero-order valence-corrected chi connectivity index (χ0v) is 7.02. The van der Waals surface area contributed by atoms with Crippen LogP contribution in [0, 0.1) is 5.92 Å². The molecule has 3 amide bonds. The Morgan fingerprint density at radius 1 is 1.25 bits per heavy atom. The standard InChI is InChI=1S/C7H13N3O2/c1-8-7(12)10-9-6(11)5-3-2-4-5/h5H,2-4H2,1H3,(H,9,11)(H2,8,10,12). The smallest absolute Gasteiger partial charge is 0.333 e. The molecule has 0 saturated heterocycles. The van der Waals surface area contributed by atoms with Crippen molar-refractivity contribution in [3.8, 4) is 0 Å². The molecule has 1 aliphatic carbocycles. The third-order valence-electron chi connectivity index (χ3n) is 2.00. The van der Waals surface area contributed by atoms with Gasteiger partial charge >= 0.3 is 6.03 Å². The number of hydrogen-bond acceptors (Lipinski definition) is 2. The molecule has 0 heterocycles. The summed E-state index contributed by atoms with van der Waals surface area (Å²) in [4.78, 5) is 21.7. The average Bonchev–Trinajstić information content (AvgIpc) is 1.97. The van der Waals surface area contributed by atoms with E-state index in [0.29, 0.717) is 0 Å². The quantitative estimate of drug-likeness (QED) is 0.476. The molecule has 0 unspecified atom stereocenters. The van der Waals surface area contributed by atoms with E-state index in [1.807, 2.05) is 0 Å². The van der Waals surface area contributed by atoms with Crippen molar-refractivity contribution >= 4 is 11.9 Å². The van der Waals surface area contributed by atoms with Crippen LogP contribution in [0.2, 0.25) is 0 Å². The fourth-order valence-corrected chi connectivity index (χ4v) is 0.953. The summed E-state index contributed by atoms with van der Waals surface area (Å²) in [5.74, 6) is 0.00649. The molecule has 0 aliphatic heterocycles. The van der Waals surface area contributed by atoms with Crippen molar-refractivity contribution in [1.82, 2.24) is 16.2 Å². The van der Waals surface area contributed by atoms with Crippen LogP contribution in [0.3, 0.4) is 0 Å². The summed E-state index contributed by atoms with van der Waals surface area (Å²) in [5, 5.41) is 2.33. The molecular formula is C7H13N3O2.